The normalized spacial score (nSPS) is 11.5. The third-order valence-electron chi connectivity index (χ3n) is 3.61. The molecule has 9 heteroatoms. The van der Waals surface area contributed by atoms with Crippen LogP contribution in [0.1, 0.15) is 59.9 Å². The number of benzene rings is 1. The number of ether oxygens (including phenoxy) is 4. The zero-order valence-corrected chi connectivity index (χ0v) is 21.6. The molecular weight excluding hydrogens is 480 g/mol. The quantitative estimate of drug-likeness (QED) is 0.311. The summed E-state index contributed by atoms with van der Waals surface area (Å²) in [5.41, 5.74) is -0.00565. The summed E-state index contributed by atoms with van der Waals surface area (Å²) in [6.07, 6.45) is 0.417. The van der Waals surface area contributed by atoms with Crippen molar-refractivity contribution in [2.75, 3.05) is 26.3 Å². The number of alkyl halides is 1. The second kappa shape index (κ2) is 13.4. The number of hydrogen-bond acceptors (Lipinski definition) is 6. The molecule has 2 N–H and O–H groups in total. The van der Waals surface area contributed by atoms with Gasteiger partial charge in [0.15, 0.2) is 0 Å². The molecule has 0 radical (unpaired) electrons. The number of amides is 2. The third kappa shape index (κ3) is 14.0. The van der Waals surface area contributed by atoms with E-state index in [9.17, 15) is 9.59 Å². The topological polar surface area (TPSA) is 95.1 Å². The summed E-state index contributed by atoms with van der Waals surface area (Å²) in [5.74, 6) is 1.39. The second-order valence-electron chi connectivity index (χ2n) is 9.21. The van der Waals surface area contributed by atoms with Crippen molar-refractivity contribution in [3.8, 4) is 11.5 Å². The van der Waals surface area contributed by atoms with E-state index < -0.39 is 23.4 Å². The summed E-state index contributed by atoms with van der Waals surface area (Å²) in [7, 11) is 0. The van der Waals surface area contributed by atoms with Gasteiger partial charge in [0.05, 0.1) is 13.2 Å². The Balaban J connectivity index is 2.36. The van der Waals surface area contributed by atoms with Crippen LogP contribution >= 0.6 is 15.9 Å². The first kappa shape index (κ1) is 27.9. The van der Waals surface area contributed by atoms with Crippen LogP contribution in [0.3, 0.4) is 0 Å². The average molecular weight is 517 g/mol. The fraction of sp³-hybridized carbons (Fsp3) is 0.652. The van der Waals surface area contributed by atoms with E-state index in [4.69, 9.17) is 18.9 Å². The molecule has 0 fully saturated rings. The van der Waals surface area contributed by atoms with Crippen molar-refractivity contribution < 1.29 is 28.5 Å². The van der Waals surface area contributed by atoms with Gasteiger partial charge in [0.2, 0.25) is 0 Å². The first-order chi connectivity index (χ1) is 14.9. The highest BCUT2D eigenvalue weighted by Gasteiger charge is 2.16. The van der Waals surface area contributed by atoms with E-state index >= 15 is 0 Å². The fourth-order valence-corrected chi connectivity index (χ4v) is 2.73. The summed E-state index contributed by atoms with van der Waals surface area (Å²) in [4.78, 5) is 23.3. The highest BCUT2D eigenvalue weighted by molar-refractivity contribution is 9.08. The monoisotopic (exact) mass is 516 g/mol. The second-order valence-corrected chi connectivity index (χ2v) is 9.77. The van der Waals surface area contributed by atoms with E-state index in [0.29, 0.717) is 56.0 Å². The van der Waals surface area contributed by atoms with Crippen LogP contribution in [0.5, 0.6) is 11.5 Å². The van der Waals surface area contributed by atoms with Crippen LogP contribution in [0.15, 0.2) is 18.2 Å². The van der Waals surface area contributed by atoms with Gasteiger partial charge in [-0.25, -0.2) is 9.59 Å². The zero-order chi connectivity index (χ0) is 24.2. The molecule has 0 aliphatic carbocycles. The maximum atomic E-state index is 11.6. The van der Waals surface area contributed by atoms with Crippen molar-refractivity contribution in [2.45, 2.75) is 70.9 Å². The zero-order valence-electron chi connectivity index (χ0n) is 20.0. The number of halogens is 1. The van der Waals surface area contributed by atoms with Gasteiger partial charge in [-0.3, -0.25) is 0 Å². The van der Waals surface area contributed by atoms with E-state index in [1.807, 2.05) is 59.7 Å². The van der Waals surface area contributed by atoms with Gasteiger partial charge >= 0.3 is 12.2 Å². The number of carbonyl (C=O) groups excluding carboxylic acids is 2. The average Bonchev–Trinajstić information content (AvgIpc) is 2.64. The summed E-state index contributed by atoms with van der Waals surface area (Å²) in [6, 6.07) is 5.70. The lowest BCUT2D eigenvalue weighted by atomic mass is 10.2. The SMILES string of the molecule is CC(C)(C)OC(=O)NCCCOc1cc(CBr)cc(OCCCNC(=O)OC(C)(C)C)c1. The third-order valence-corrected chi connectivity index (χ3v) is 4.26. The Kier molecular flexibility index (Phi) is 11.7. The molecule has 0 aliphatic rings. The lowest BCUT2D eigenvalue weighted by Gasteiger charge is -2.19. The van der Waals surface area contributed by atoms with Gasteiger partial charge in [0, 0.05) is 24.5 Å². The minimum Gasteiger partial charge on any atom is -0.493 e. The molecule has 0 aromatic heterocycles. The Labute approximate surface area is 199 Å². The lowest BCUT2D eigenvalue weighted by Crippen LogP contribution is -2.33. The van der Waals surface area contributed by atoms with Crippen molar-refractivity contribution >= 4 is 28.1 Å². The summed E-state index contributed by atoms with van der Waals surface area (Å²) in [5, 5.41) is 6.08. The molecule has 1 aromatic carbocycles. The summed E-state index contributed by atoms with van der Waals surface area (Å²) in [6.45, 7) is 12.7. The number of carbonyl (C=O) groups is 2. The molecule has 182 valence electrons. The largest absolute Gasteiger partial charge is 0.493 e. The van der Waals surface area contributed by atoms with Crippen LogP contribution in [-0.4, -0.2) is 49.7 Å². The molecule has 0 spiro atoms. The van der Waals surface area contributed by atoms with Crippen molar-refractivity contribution in [2.24, 2.45) is 0 Å². The highest BCUT2D eigenvalue weighted by atomic mass is 79.9. The van der Waals surface area contributed by atoms with Crippen LogP contribution in [0.25, 0.3) is 0 Å². The van der Waals surface area contributed by atoms with Crippen LogP contribution in [-0.2, 0) is 14.8 Å². The molecule has 0 aliphatic heterocycles. The van der Waals surface area contributed by atoms with Crippen molar-refractivity contribution in [1.29, 1.82) is 0 Å². The van der Waals surface area contributed by atoms with Gasteiger partial charge in [-0.15, -0.1) is 0 Å². The summed E-state index contributed by atoms with van der Waals surface area (Å²) < 4.78 is 22.0. The van der Waals surface area contributed by atoms with Crippen LogP contribution in [0.4, 0.5) is 9.59 Å². The number of nitrogens with one attached hydrogen (secondary N) is 2. The Morgan fingerprint density at radius 1 is 0.781 bits per heavy atom. The van der Waals surface area contributed by atoms with E-state index in [0.717, 1.165) is 5.56 Å². The molecule has 0 bridgehead atoms. The van der Waals surface area contributed by atoms with E-state index in [1.54, 1.807) is 0 Å². The van der Waals surface area contributed by atoms with E-state index in [1.165, 1.54) is 0 Å². The van der Waals surface area contributed by atoms with Gasteiger partial charge < -0.3 is 29.6 Å². The van der Waals surface area contributed by atoms with Crippen LogP contribution in [0.2, 0.25) is 0 Å². The molecule has 0 unspecified atom stereocenters. The molecule has 0 saturated heterocycles. The molecule has 1 aromatic rings. The lowest BCUT2D eigenvalue weighted by molar-refractivity contribution is 0.0514. The number of hydrogen-bond donors (Lipinski definition) is 2. The Morgan fingerprint density at radius 3 is 1.53 bits per heavy atom. The van der Waals surface area contributed by atoms with Crippen molar-refractivity contribution in [3.63, 3.8) is 0 Å². The number of rotatable bonds is 11. The van der Waals surface area contributed by atoms with E-state index in [2.05, 4.69) is 26.6 Å². The maximum absolute atomic E-state index is 11.6. The van der Waals surface area contributed by atoms with Crippen LogP contribution < -0.4 is 20.1 Å². The predicted octanol–water partition coefficient (Wildman–Crippen LogP) is 5.17. The Bertz CT molecular complexity index is 672. The molecule has 8 nitrogen and oxygen atoms in total. The van der Waals surface area contributed by atoms with Crippen molar-refractivity contribution in [1.82, 2.24) is 10.6 Å². The fourth-order valence-electron chi connectivity index (χ4n) is 2.41. The number of alkyl carbamates (subject to hydrolysis) is 2. The molecule has 32 heavy (non-hydrogen) atoms. The van der Waals surface area contributed by atoms with Gasteiger partial charge in [0.1, 0.15) is 22.7 Å². The Morgan fingerprint density at radius 2 is 1.19 bits per heavy atom. The van der Waals surface area contributed by atoms with Crippen molar-refractivity contribution in [3.05, 3.63) is 23.8 Å². The minimum absolute atomic E-state index is 0.435. The standard InChI is InChI=1S/C23H37BrN2O6/c1-22(2,3)31-20(27)25-9-7-11-29-18-13-17(16-24)14-19(15-18)30-12-8-10-26-21(28)32-23(4,5)6/h13-15H,7-12,16H2,1-6H3,(H,25,27)(H,26,28). The first-order valence-electron chi connectivity index (χ1n) is 10.8. The van der Waals surface area contributed by atoms with Crippen LogP contribution in [0, 0.1) is 0 Å². The highest BCUT2D eigenvalue weighted by Crippen LogP contribution is 2.24. The Hall–Kier alpha value is -2.16. The molecule has 2 amide bonds. The predicted molar refractivity (Wildman–Crippen MR) is 128 cm³/mol. The minimum atomic E-state index is -0.515. The first-order valence-corrected chi connectivity index (χ1v) is 11.9. The van der Waals surface area contributed by atoms with Gasteiger partial charge in [-0.2, -0.15) is 0 Å². The maximum Gasteiger partial charge on any atom is 0.407 e. The molecular formula is C23H37BrN2O6. The molecule has 1 rings (SSSR count). The van der Waals surface area contributed by atoms with Gasteiger partial charge in [0.25, 0.3) is 0 Å². The molecule has 0 saturated carbocycles. The molecule has 0 heterocycles. The molecule has 0 atom stereocenters. The van der Waals surface area contributed by atoms with Gasteiger partial charge in [-0.1, -0.05) is 15.9 Å². The van der Waals surface area contributed by atoms with E-state index in [-0.39, 0.29) is 0 Å². The summed E-state index contributed by atoms with van der Waals surface area (Å²) >= 11 is 3.46. The van der Waals surface area contributed by atoms with Gasteiger partial charge in [-0.05, 0) is 72.1 Å². The smallest absolute Gasteiger partial charge is 0.407 e.